The summed E-state index contributed by atoms with van der Waals surface area (Å²) in [5.41, 5.74) is 0.974. The van der Waals surface area contributed by atoms with Crippen LogP contribution in [0.1, 0.15) is 10.4 Å². The van der Waals surface area contributed by atoms with Crippen molar-refractivity contribution in [3.05, 3.63) is 80.8 Å². The lowest BCUT2D eigenvalue weighted by atomic mass is 10.0. The van der Waals surface area contributed by atoms with Gasteiger partial charge in [-0.15, -0.1) is 0 Å². The highest BCUT2D eigenvalue weighted by Crippen LogP contribution is 2.27. The lowest BCUT2D eigenvalue weighted by Crippen LogP contribution is -2.34. The van der Waals surface area contributed by atoms with Gasteiger partial charge in [0, 0.05) is 22.2 Å². The molecule has 2 N–H and O–H groups in total. The van der Waals surface area contributed by atoms with Gasteiger partial charge in [0.1, 0.15) is 0 Å². The Balaban J connectivity index is 1.76. The zero-order valence-electron chi connectivity index (χ0n) is 13.2. The topological polar surface area (TPSA) is 84.3 Å². The number of rotatable bonds is 3. The van der Waals surface area contributed by atoms with Crippen molar-refractivity contribution in [2.45, 2.75) is 0 Å². The van der Waals surface area contributed by atoms with Crippen LogP contribution in [-0.2, 0) is 0 Å². The summed E-state index contributed by atoms with van der Waals surface area (Å²) in [5.74, 6) is -0.336. The minimum atomic E-state index is -0.491. The molecule has 0 saturated carbocycles. The molecule has 130 valence electrons. The fourth-order valence-corrected chi connectivity index (χ4v) is 3.13. The molecule has 0 bridgehead atoms. The third-order valence-corrected chi connectivity index (χ3v) is 4.53. The van der Waals surface area contributed by atoms with E-state index in [-0.39, 0.29) is 16.7 Å². The van der Waals surface area contributed by atoms with Gasteiger partial charge in [0.05, 0.1) is 10.6 Å². The minimum absolute atomic E-state index is 0.0480. The van der Waals surface area contributed by atoms with Gasteiger partial charge in [0.15, 0.2) is 5.11 Å². The van der Waals surface area contributed by atoms with Crippen LogP contribution < -0.4 is 10.6 Å². The number of anilines is 1. The van der Waals surface area contributed by atoms with E-state index in [2.05, 4.69) is 26.6 Å². The van der Waals surface area contributed by atoms with E-state index in [9.17, 15) is 14.9 Å². The van der Waals surface area contributed by atoms with Crippen molar-refractivity contribution in [3.63, 3.8) is 0 Å². The number of hydrogen-bond donors (Lipinski definition) is 2. The first-order valence-electron chi connectivity index (χ1n) is 7.50. The molecule has 1 amide bonds. The fourth-order valence-electron chi connectivity index (χ4n) is 2.47. The van der Waals surface area contributed by atoms with Crippen molar-refractivity contribution in [2.24, 2.45) is 0 Å². The maximum Gasteiger partial charge on any atom is 0.270 e. The number of nitro groups is 1. The molecular formula is C18H12BrN3O3S. The zero-order chi connectivity index (χ0) is 18.7. The van der Waals surface area contributed by atoms with Crippen LogP contribution in [0.3, 0.4) is 0 Å². The van der Waals surface area contributed by atoms with Gasteiger partial charge in [-0.25, -0.2) is 0 Å². The second-order valence-electron chi connectivity index (χ2n) is 5.36. The smallest absolute Gasteiger partial charge is 0.270 e. The molecule has 0 fully saturated rings. The molecule has 0 aliphatic rings. The van der Waals surface area contributed by atoms with Crippen molar-refractivity contribution in [3.8, 4) is 0 Å². The highest BCUT2D eigenvalue weighted by Gasteiger charge is 2.13. The van der Waals surface area contributed by atoms with E-state index in [1.807, 2.05) is 30.3 Å². The standard InChI is InChI=1S/C18H12BrN3O3S/c19-15-10-12(22(24)25)8-9-16(15)20-18(26)21-17(23)14-7-3-5-11-4-1-2-6-13(11)14/h1-10H,(H2,20,21,23,26). The van der Waals surface area contributed by atoms with Crippen LogP contribution in [0.5, 0.6) is 0 Å². The SMILES string of the molecule is O=C(NC(=S)Nc1ccc([N+](=O)[O-])cc1Br)c1cccc2ccccc12. The second kappa shape index (κ2) is 7.59. The van der Waals surface area contributed by atoms with E-state index in [1.165, 1.54) is 18.2 Å². The summed E-state index contributed by atoms with van der Waals surface area (Å²) >= 11 is 8.43. The minimum Gasteiger partial charge on any atom is -0.331 e. The predicted molar refractivity (Wildman–Crippen MR) is 108 cm³/mol. The highest BCUT2D eigenvalue weighted by molar-refractivity contribution is 9.10. The summed E-state index contributed by atoms with van der Waals surface area (Å²) in [6, 6.07) is 17.2. The van der Waals surface area contributed by atoms with Gasteiger partial charge in [-0.05, 0) is 51.1 Å². The Labute approximate surface area is 162 Å². The number of nitro benzene ring substituents is 1. The van der Waals surface area contributed by atoms with Crippen LogP contribution in [0.4, 0.5) is 11.4 Å². The van der Waals surface area contributed by atoms with Crippen molar-refractivity contribution in [2.75, 3.05) is 5.32 Å². The molecule has 0 aliphatic carbocycles. The number of hydrogen-bond acceptors (Lipinski definition) is 4. The molecule has 0 aromatic heterocycles. The summed E-state index contributed by atoms with van der Waals surface area (Å²) in [6.45, 7) is 0. The summed E-state index contributed by atoms with van der Waals surface area (Å²) in [5, 5.41) is 18.1. The van der Waals surface area contributed by atoms with E-state index in [1.54, 1.807) is 12.1 Å². The molecule has 0 spiro atoms. The number of amides is 1. The van der Waals surface area contributed by atoms with Gasteiger partial charge in [-0.1, -0.05) is 36.4 Å². The molecule has 6 nitrogen and oxygen atoms in total. The Morgan fingerprint density at radius 2 is 1.81 bits per heavy atom. The largest absolute Gasteiger partial charge is 0.331 e. The van der Waals surface area contributed by atoms with Crippen LogP contribution in [0.15, 0.2) is 65.1 Å². The first-order chi connectivity index (χ1) is 12.5. The molecule has 0 saturated heterocycles. The van der Waals surface area contributed by atoms with E-state index in [0.29, 0.717) is 15.7 Å². The number of halogens is 1. The van der Waals surface area contributed by atoms with Crippen LogP contribution >= 0.6 is 28.1 Å². The monoisotopic (exact) mass is 429 g/mol. The van der Waals surface area contributed by atoms with E-state index < -0.39 is 4.92 Å². The zero-order valence-corrected chi connectivity index (χ0v) is 15.6. The van der Waals surface area contributed by atoms with Gasteiger partial charge >= 0.3 is 0 Å². The molecule has 3 aromatic carbocycles. The van der Waals surface area contributed by atoms with Gasteiger partial charge in [-0.3, -0.25) is 20.2 Å². The van der Waals surface area contributed by atoms with Crippen LogP contribution in [0.25, 0.3) is 10.8 Å². The number of non-ortho nitro benzene ring substituents is 1. The van der Waals surface area contributed by atoms with Crippen LogP contribution in [0, 0.1) is 10.1 Å². The van der Waals surface area contributed by atoms with Crippen molar-refractivity contribution in [1.29, 1.82) is 0 Å². The molecule has 0 unspecified atom stereocenters. The first kappa shape index (κ1) is 18.0. The first-order valence-corrected chi connectivity index (χ1v) is 8.70. The Morgan fingerprint density at radius 1 is 1.08 bits per heavy atom. The predicted octanol–water partition coefficient (Wildman–Crippen LogP) is 4.64. The van der Waals surface area contributed by atoms with Gasteiger partial charge in [-0.2, -0.15) is 0 Å². The third kappa shape index (κ3) is 3.87. The molecule has 0 radical (unpaired) electrons. The molecule has 3 aromatic rings. The molecule has 0 atom stereocenters. The number of carbonyl (C=O) groups is 1. The van der Waals surface area contributed by atoms with Gasteiger partial charge < -0.3 is 5.32 Å². The summed E-state index contributed by atoms with van der Waals surface area (Å²) < 4.78 is 0.466. The van der Waals surface area contributed by atoms with E-state index in [0.717, 1.165) is 10.8 Å². The quantitative estimate of drug-likeness (QED) is 0.360. The lowest BCUT2D eigenvalue weighted by molar-refractivity contribution is -0.384. The van der Waals surface area contributed by atoms with Crippen molar-refractivity contribution < 1.29 is 9.72 Å². The Bertz CT molecular complexity index is 1030. The number of fused-ring (bicyclic) bond motifs is 1. The number of nitrogens with zero attached hydrogens (tertiary/aromatic N) is 1. The lowest BCUT2D eigenvalue weighted by Gasteiger charge is -2.12. The highest BCUT2D eigenvalue weighted by atomic mass is 79.9. The maximum absolute atomic E-state index is 12.5. The van der Waals surface area contributed by atoms with Crippen LogP contribution in [0.2, 0.25) is 0 Å². The molecule has 8 heteroatoms. The fraction of sp³-hybridized carbons (Fsp3) is 0. The van der Waals surface area contributed by atoms with Gasteiger partial charge in [0.2, 0.25) is 0 Å². The Kier molecular flexibility index (Phi) is 5.24. The Hall–Kier alpha value is -2.84. The third-order valence-electron chi connectivity index (χ3n) is 3.67. The molecule has 3 rings (SSSR count). The number of carbonyl (C=O) groups excluding carboxylic acids is 1. The molecule has 0 aliphatic heterocycles. The number of benzene rings is 3. The summed E-state index contributed by atoms with van der Waals surface area (Å²) in [4.78, 5) is 22.8. The van der Waals surface area contributed by atoms with Crippen molar-refractivity contribution in [1.82, 2.24) is 5.32 Å². The van der Waals surface area contributed by atoms with Crippen LogP contribution in [-0.4, -0.2) is 15.9 Å². The number of thiocarbonyl (C=S) groups is 1. The Morgan fingerprint density at radius 3 is 2.54 bits per heavy atom. The normalized spacial score (nSPS) is 10.3. The summed E-state index contributed by atoms with van der Waals surface area (Å²) in [7, 11) is 0. The van der Waals surface area contributed by atoms with Gasteiger partial charge in [0.25, 0.3) is 11.6 Å². The molecule has 0 heterocycles. The maximum atomic E-state index is 12.5. The average molecular weight is 430 g/mol. The molecular weight excluding hydrogens is 418 g/mol. The van der Waals surface area contributed by atoms with Crippen molar-refractivity contribution >= 4 is 61.3 Å². The number of nitrogens with one attached hydrogen (secondary N) is 2. The average Bonchev–Trinajstić information content (AvgIpc) is 2.62. The summed E-state index contributed by atoms with van der Waals surface area (Å²) in [6.07, 6.45) is 0. The van der Waals surface area contributed by atoms with E-state index in [4.69, 9.17) is 12.2 Å². The second-order valence-corrected chi connectivity index (χ2v) is 6.62. The molecule has 26 heavy (non-hydrogen) atoms. The van der Waals surface area contributed by atoms with E-state index >= 15 is 0 Å².